The number of nitrogens with zero attached hydrogens (tertiary/aromatic N) is 4. The predicted molar refractivity (Wildman–Crippen MR) is 90.8 cm³/mol. The number of hydrogen-bond acceptors (Lipinski definition) is 4. The molecule has 2 aromatic rings. The van der Waals surface area contributed by atoms with Crippen LogP contribution in [0.4, 0.5) is 0 Å². The first kappa shape index (κ1) is 17.2. The second-order valence-electron chi connectivity index (χ2n) is 6.78. The van der Waals surface area contributed by atoms with E-state index in [9.17, 15) is 9.59 Å². The molecule has 8 nitrogen and oxygen atoms in total. The Morgan fingerprint density at radius 2 is 2.00 bits per heavy atom. The van der Waals surface area contributed by atoms with E-state index in [2.05, 4.69) is 15.3 Å². The van der Waals surface area contributed by atoms with Gasteiger partial charge in [-0.1, -0.05) is 13.8 Å². The minimum atomic E-state index is -0.962. The number of likely N-dealkylation sites (tertiary alicyclic amines) is 1. The molecule has 3 rings (SSSR count). The summed E-state index contributed by atoms with van der Waals surface area (Å²) in [7, 11) is 0. The van der Waals surface area contributed by atoms with Crippen LogP contribution in [-0.2, 0) is 0 Å². The number of carboxylic acid groups (broad SMARTS) is 1. The molecular weight excluding hydrogens is 322 g/mol. The zero-order valence-corrected chi connectivity index (χ0v) is 14.7. The van der Waals surface area contributed by atoms with Crippen LogP contribution in [-0.4, -0.2) is 55.0 Å². The van der Waals surface area contributed by atoms with Crippen molar-refractivity contribution in [1.82, 2.24) is 24.9 Å². The molecule has 0 spiro atoms. The van der Waals surface area contributed by atoms with Crippen molar-refractivity contribution in [1.29, 1.82) is 0 Å². The molecule has 134 valence electrons. The zero-order chi connectivity index (χ0) is 18.1. The number of piperidine rings is 1. The average Bonchev–Trinajstić information content (AvgIpc) is 3.21. The molecule has 2 N–H and O–H groups in total. The lowest BCUT2D eigenvalue weighted by molar-refractivity contribution is 0.0682. The molecule has 0 radical (unpaired) electrons. The number of aromatic nitrogens is 4. The highest BCUT2D eigenvalue weighted by molar-refractivity contribution is 5.92. The number of amides is 1. The molecular formula is C17H23N5O3. The lowest BCUT2D eigenvalue weighted by Crippen LogP contribution is -2.39. The van der Waals surface area contributed by atoms with Gasteiger partial charge in [0.2, 0.25) is 0 Å². The Balaban J connectivity index is 1.65. The SMILES string of the molecule is Cc1c(C(=O)O)cnn1C1CCN(C(=O)c2cc(C(C)C)[nH]n2)CC1. The minimum Gasteiger partial charge on any atom is -0.478 e. The lowest BCUT2D eigenvalue weighted by atomic mass is 10.0. The Bertz CT molecular complexity index is 784. The monoisotopic (exact) mass is 345 g/mol. The van der Waals surface area contributed by atoms with Crippen LogP contribution in [0.2, 0.25) is 0 Å². The maximum absolute atomic E-state index is 12.6. The Kier molecular flexibility index (Phi) is 4.61. The number of aromatic amines is 1. The minimum absolute atomic E-state index is 0.0648. The van der Waals surface area contributed by atoms with Gasteiger partial charge in [-0.15, -0.1) is 0 Å². The molecule has 25 heavy (non-hydrogen) atoms. The van der Waals surface area contributed by atoms with Crippen LogP contribution >= 0.6 is 0 Å². The number of nitrogens with one attached hydrogen (secondary N) is 1. The van der Waals surface area contributed by atoms with E-state index in [4.69, 9.17) is 5.11 Å². The van der Waals surface area contributed by atoms with Crippen molar-refractivity contribution in [2.75, 3.05) is 13.1 Å². The normalized spacial score (nSPS) is 15.8. The van der Waals surface area contributed by atoms with Crippen molar-refractivity contribution in [3.63, 3.8) is 0 Å². The van der Waals surface area contributed by atoms with E-state index < -0.39 is 5.97 Å². The smallest absolute Gasteiger partial charge is 0.339 e. The second kappa shape index (κ2) is 6.70. The van der Waals surface area contributed by atoms with E-state index in [-0.39, 0.29) is 17.5 Å². The van der Waals surface area contributed by atoms with Gasteiger partial charge in [-0.3, -0.25) is 14.6 Å². The van der Waals surface area contributed by atoms with Gasteiger partial charge >= 0.3 is 5.97 Å². The first-order valence-corrected chi connectivity index (χ1v) is 8.50. The van der Waals surface area contributed by atoms with Crippen LogP contribution < -0.4 is 0 Å². The van der Waals surface area contributed by atoms with Gasteiger partial charge < -0.3 is 10.0 Å². The summed E-state index contributed by atoms with van der Waals surface area (Å²) in [5.74, 6) is -0.730. The lowest BCUT2D eigenvalue weighted by Gasteiger charge is -2.32. The summed E-state index contributed by atoms with van der Waals surface area (Å²) >= 11 is 0. The highest BCUT2D eigenvalue weighted by Gasteiger charge is 2.28. The summed E-state index contributed by atoms with van der Waals surface area (Å²) in [6.07, 6.45) is 2.88. The summed E-state index contributed by atoms with van der Waals surface area (Å²) in [6, 6.07) is 1.93. The van der Waals surface area contributed by atoms with Crippen molar-refractivity contribution < 1.29 is 14.7 Å². The third-order valence-electron chi connectivity index (χ3n) is 4.81. The number of carbonyl (C=O) groups is 2. The van der Waals surface area contributed by atoms with E-state index in [0.29, 0.717) is 30.4 Å². The molecule has 1 aliphatic heterocycles. The van der Waals surface area contributed by atoms with Crippen LogP contribution in [0.25, 0.3) is 0 Å². The quantitative estimate of drug-likeness (QED) is 0.884. The van der Waals surface area contributed by atoms with Crippen molar-refractivity contribution in [3.8, 4) is 0 Å². The molecule has 0 bridgehead atoms. The van der Waals surface area contributed by atoms with Crippen molar-refractivity contribution in [3.05, 3.63) is 34.9 Å². The molecule has 1 amide bonds. The fourth-order valence-electron chi connectivity index (χ4n) is 3.22. The first-order valence-electron chi connectivity index (χ1n) is 8.50. The molecule has 0 saturated carbocycles. The van der Waals surface area contributed by atoms with Crippen molar-refractivity contribution in [2.45, 2.75) is 45.6 Å². The third-order valence-corrected chi connectivity index (χ3v) is 4.81. The number of rotatable bonds is 4. The molecule has 0 aliphatic carbocycles. The van der Waals surface area contributed by atoms with Crippen LogP contribution in [0.15, 0.2) is 12.3 Å². The predicted octanol–water partition coefficient (Wildman–Crippen LogP) is 2.21. The van der Waals surface area contributed by atoms with Crippen LogP contribution in [0.5, 0.6) is 0 Å². The van der Waals surface area contributed by atoms with Gasteiger partial charge in [-0.05, 0) is 31.7 Å². The molecule has 1 fully saturated rings. The van der Waals surface area contributed by atoms with Crippen molar-refractivity contribution in [2.24, 2.45) is 0 Å². The molecule has 0 aromatic carbocycles. The fraction of sp³-hybridized carbons (Fsp3) is 0.529. The molecule has 1 saturated heterocycles. The topological polar surface area (TPSA) is 104 Å². The molecule has 2 aromatic heterocycles. The Morgan fingerprint density at radius 3 is 2.52 bits per heavy atom. The summed E-state index contributed by atoms with van der Waals surface area (Å²) < 4.78 is 1.77. The number of carbonyl (C=O) groups excluding carboxylic acids is 1. The molecule has 3 heterocycles. The maximum atomic E-state index is 12.6. The Labute approximate surface area is 145 Å². The molecule has 1 aliphatic rings. The van der Waals surface area contributed by atoms with Crippen LogP contribution in [0.3, 0.4) is 0 Å². The Hall–Kier alpha value is -2.64. The molecule has 0 atom stereocenters. The summed E-state index contributed by atoms with van der Waals surface area (Å²) in [5, 5.41) is 20.4. The van der Waals surface area contributed by atoms with Gasteiger partial charge in [0.25, 0.3) is 5.91 Å². The van der Waals surface area contributed by atoms with E-state index in [0.717, 1.165) is 18.5 Å². The largest absolute Gasteiger partial charge is 0.478 e. The van der Waals surface area contributed by atoms with Gasteiger partial charge in [0, 0.05) is 18.8 Å². The maximum Gasteiger partial charge on any atom is 0.339 e. The van der Waals surface area contributed by atoms with Gasteiger partial charge in [-0.25, -0.2) is 4.79 Å². The van der Waals surface area contributed by atoms with Gasteiger partial charge in [0.05, 0.1) is 17.9 Å². The van der Waals surface area contributed by atoms with Crippen molar-refractivity contribution >= 4 is 11.9 Å². The standard InChI is InChI=1S/C17H23N5O3/c1-10(2)14-8-15(20-19-14)16(23)21-6-4-12(5-7-21)22-11(3)13(9-18-22)17(24)25/h8-10,12H,4-7H2,1-3H3,(H,19,20)(H,24,25). The summed E-state index contributed by atoms with van der Waals surface area (Å²) in [5.41, 5.74) is 2.29. The number of hydrogen-bond donors (Lipinski definition) is 2. The van der Waals surface area contributed by atoms with Crippen LogP contribution in [0, 0.1) is 6.92 Å². The van der Waals surface area contributed by atoms with Crippen LogP contribution in [0.1, 0.15) is 70.9 Å². The molecule has 0 unspecified atom stereocenters. The highest BCUT2D eigenvalue weighted by atomic mass is 16.4. The zero-order valence-electron chi connectivity index (χ0n) is 14.7. The van der Waals surface area contributed by atoms with E-state index in [1.54, 1.807) is 16.5 Å². The molecule has 8 heteroatoms. The summed E-state index contributed by atoms with van der Waals surface area (Å²) in [4.78, 5) is 25.5. The Morgan fingerprint density at radius 1 is 1.32 bits per heavy atom. The average molecular weight is 345 g/mol. The number of H-pyrrole nitrogens is 1. The number of carboxylic acids is 1. The highest BCUT2D eigenvalue weighted by Crippen LogP contribution is 2.25. The number of aromatic carboxylic acids is 1. The fourth-order valence-corrected chi connectivity index (χ4v) is 3.22. The van der Waals surface area contributed by atoms with Gasteiger partial charge in [-0.2, -0.15) is 10.2 Å². The summed E-state index contributed by atoms with van der Waals surface area (Å²) in [6.45, 7) is 7.07. The third kappa shape index (κ3) is 3.29. The van der Waals surface area contributed by atoms with Gasteiger partial charge in [0.1, 0.15) is 11.3 Å². The van der Waals surface area contributed by atoms with E-state index in [1.807, 2.05) is 19.9 Å². The van der Waals surface area contributed by atoms with E-state index >= 15 is 0 Å². The van der Waals surface area contributed by atoms with E-state index in [1.165, 1.54) is 6.20 Å². The van der Waals surface area contributed by atoms with Gasteiger partial charge in [0.15, 0.2) is 0 Å². The second-order valence-corrected chi connectivity index (χ2v) is 6.78. The first-order chi connectivity index (χ1) is 11.9.